The fraction of sp³-hybridized carbons (Fsp3) is 0.341. The summed E-state index contributed by atoms with van der Waals surface area (Å²) in [5, 5.41) is 0. The molecule has 0 unspecified atom stereocenters. The van der Waals surface area contributed by atoms with Crippen molar-refractivity contribution in [2.24, 2.45) is 0 Å². The summed E-state index contributed by atoms with van der Waals surface area (Å²) in [6, 6.07) is 0. The minimum absolute atomic E-state index is 0.145. The topological polar surface area (TPSA) is 26.3 Å². The second kappa shape index (κ2) is 23.8. The molecule has 2 nitrogen and oxygen atoms in total. The molecule has 0 spiro atoms. The lowest BCUT2D eigenvalue weighted by Gasteiger charge is -2.20. The summed E-state index contributed by atoms with van der Waals surface area (Å²) >= 11 is 0. The first-order valence-electron chi connectivity index (χ1n) is 15.1. The molecule has 0 aliphatic rings. The van der Waals surface area contributed by atoms with Gasteiger partial charge < -0.3 is 4.74 Å². The molecule has 0 saturated carbocycles. The van der Waals surface area contributed by atoms with Crippen LogP contribution in [0.5, 0.6) is 0 Å². The van der Waals surface area contributed by atoms with Gasteiger partial charge in [-0.2, -0.15) is 0 Å². The Balaban J connectivity index is 4.91. The van der Waals surface area contributed by atoms with Crippen LogP contribution in [0.1, 0.15) is 81.6 Å². The van der Waals surface area contributed by atoms with Crippen LogP contribution in [0.4, 0.5) is 0 Å². The summed E-state index contributed by atoms with van der Waals surface area (Å²) in [7, 11) is 1.74. The quantitative estimate of drug-likeness (QED) is 0.0697. The Labute approximate surface area is 264 Å². The highest BCUT2D eigenvalue weighted by Gasteiger charge is 2.12. The van der Waals surface area contributed by atoms with Crippen molar-refractivity contribution in [2.75, 3.05) is 7.11 Å². The summed E-state index contributed by atoms with van der Waals surface area (Å²) in [5.41, 5.74) is 7.81. The van der Waals surface area contributed by atoms with Gasteiger partial charge in [0.25, 0.3) is 0 Å². The molecule has 0 fully saturated rings. The molecule has 0 aliphatic carbocycles. The van der Waals surface area contributed by atoms with Crippen molar-refractivity contribution in [1.29, 1.82) is 0 Å². The van der Waals surface area contributed by atoms with E-state index in [4.69, 9.17) is 4.74 Å². The van der Waals surface area contributed by atoms with Crippen molar-refractivity contribution >= 4 is 6.29 Å². The number of ether oxygens (including phenoxy) is 1. The highest BCUT2D eigenvalue weighted by atomic mass is 16.5. The van der Waals surface area contributed by atoms with Crippen LogP contribution < -0.4 is 0 Å². The van der Waals surface area contributed by atoms with Crippen LogP contribution in [0.3, 0.4) is 0 Å². The van der Waals surface area contributed by atoms with Gasteiger partial charge in [0.2, 0.25) is 0 Å². The van der Waals surface area contributed by atoms with E-state index in [1.54, 1.807) is 7.11 Å². The van der Waals surface area contributed by atoms with E-state index in [-0.39, 0.29) is 5.60 Å². The molecule has 0 saturated heterocycles. The minimum atomic E-state index is -0.145. The summed E-state index contributed by atoms with van der Waals surface area (Å²) in [6.45, 7) is 18.9. The molecule has 0 aromatic heterocycles. The normalized spacial score (nSPS) is 15.5. The van der Waals surface area contributed by atoms with Gasteiger partial charge in [-0.1, -0.05) is 149 Å². The van der Waals surface area contributed by atoms with Gasteiger partial charge in [0.1, 0.15) is 6.29 Å². The third-order valence-corrected chi connectivity index (χ3v) is 6.35. The van der Waals surface area contributed by atoms with Gasteiger partial charge in [0, 0.05) is 12.7 Å². The molecule has 0 radical (unpaired) electrons. The number of carbonyl (C=O) groups is 1. The van der Waals surface area contributed by atoms with Crippen LogP contribution in [0.2, 0.25) is 0 Å². The van der Waals surface area contributed by atoms with Crippen LogP contribution in [-0.4, -0.2) is 19.0 Å². The van der Waals surface area contributed by atoms with Crippen molar-refractivity contribution < 1.29 is 9.53 Å². The maximum atomic E-state index is 11.5. The van der Waals surface area contributed by atoms with E-state index in [9.17, 15) is 4.79 Å². The van der Waals surface area contributed by atoms with Crippen molar-refractivity contribution in [1.82, 2.24) is 0 Å². The zero-order valence-electron chi connectivity index (χ0n) is 28.5. The van der Waals surface area contributed by atoms with Crippen LogP contribution in [0.25, 0.3) is 0 Å². The predicted octanol–water partition coefficient (Wildman–Crippen LogP) is 11.7. The molecule has 0 atom stereocenters. The number of allylic oxidation sites excluding steroid dienone is 25. The Morgan fingerprint density at radius 2 is 1.07 bits per heavy atom. The van der Waals surface area contributed by atoms with E-state index in [0.29, 0.717) is 5.57 Å². The lowest BCUT2D eigenvalue weighted by molar-refractivity contribution is -0.104. The highest BCUT2D eigenvalue weighted by molar-refractivity contribution is 5.78. The van der Waals surface area contributed by atoms with Gasteiger partial charge in [-0.3, -0.25) is 4.79 Å². The number of carbonyl (C=O) groups excluding carboxylic acids is 1. The average molecular weight is 581 g/mol. The van der Waals surface area contributed by atoms with E-state index >= 15 is 0 Å². The fourth-order valence-corrected chi connectivity index (χ4v) is 3.39. The summed E-state index contributed by atoms with van der Waals surface area (Å²) in [4.78, 5) is 11.5. The van der Waals surface area contributed by atoms with Gasteiger partial charge in [-0.15, -0.1) is 0 Å². The Hall–Kier alpha value is -3.75. The molecule has 0 aliphatic heterocycles. The smallest absolute Gasteiger partial charge is 0.150 e. The third kappa shape index (κ3) is 24.5. The van der Waals surface area contributed by atoms with Gasteiger partial charge in [-0.05, 0) is 81.6 Å². The molecule has 0 aromatic rings. The first kappa shape index (κ1) is 39.2. The van der Waals surface area contributed by atoms with Gasteiger partial charge in [-0.25, -0.2) is 0 Å². The third-order valence-electron chi connectivity index (χ3n) is 6.35. The maximum Gasteiger partial charge on any atom is 0.150 e. The maximum absolute atomic E-state index is 11.5. The summed E-state index contributed by atoms with van der Waals surface area (Å²) in [6.07, 6.45) is 42.6. The number of hydrogen-bond acceptors (Lipinski definition) is 2. The first-order valence-corrected chi connectivity index (χ1v) is 15.1. The van der Waals surface area contributed by atoms with Crippen molar-refractivity contribution in [3.05, 3.63) is 154 Å². The van der Waals surface area contributed by atoms with E-state index in [0.717, 1.165) is 36.7 Å². The molecule has 2 heteroatoms. The SMILES string of the molecule is COC(C)(C)C/C=C/C(C)=C/C=C/C(C)=C/C=C/C(C=O)=C/C=C/C=C(C)/C=C/C=C(C)/C=C/C=C(\C)CCC=C(C)C. The average Bonchev–Trinajstić information content (AvgIpc) is 2.94. The Kier molecular flexibility index (Phi) is 21.7. The molecule has 0 rings (SSSR count). The monoisotopic (exact) mass is 580 g/mol. The van der Waals surface area contributed by atoms with E-state index in [1.807, 2.05) is 61.6 Å². The summed E-state index contributed by atoms with van der Waals surface area (Å²) < 4.78 is 5.44. The second-order valence-corrected chi connectivity index (χ2v) is 11.7. The van der Waals surface area contributed by atoms with Crippen molar-refractivity contribution in [3.63, 3.8) is 0 Å². The van der Waals surface area contributed by atoms with Crippen molar-refractivity contribution in [3.8, 4) is 0 Å². The largest absolute Gasteiger partial charge is 0.378 e. The molecule has 0 aromatic carbocycles. The lowest BCUT2D eigenvalue weighted by atomic mass is 10.0. The van der Waals surface area contributed by atoms with Gasteiger partial charge in [0.15, 0.2) is 0 Å². The van der Waals surface area contributed by atoms with Crippen LogP contribution in [-0.2, 0) is 9.53 Å². The van der Waals surface area contributed by atoms with Crippen molar-refractivity contribution in [2.45, 2.75) is 87.2 Å². The van der Waals surface area contributed by atoms with Gasteiger partial charge >= 0.3 is 0 Å². The Bertz CT molecular complexity index is 1250. The number of aldehydes is 1. The van der Waals surface area contributed by atoms with Gasteiger partial charge in [0.05, 0.1) is 5.60 Å². The number of rotatable bonds is 18. The Morgan fingerprint density at radius 3 is 1.58 bits per heavy atom. The summed E-state index contributed by atoms with van der Waals surface area (Å²) in [5.74, 6) is 0. The molecule has 0 bridgehead atoms. The fourth-order valence-electron chi connectivity index (χ4n) is 3.39. The van der Waals surface area contributed by atoms with Crippen LogP contribution in [0.15, 0.2) is 154 Å². The molecule has 0 heterocycles. The van der Waals surface area contributed by atoms with Crippen LogP contribution >= 0.6 is 0 Å². The zero-order chi connectivity index (χ0) is 32.5. The molecular weight excluding hydrogens is 524 g/mol. The molecule has 43 heavy (non-hydrogen) atoms. The number of methoxy groups -OCH3 is 1. The Morgan fingerprint density at radius 1 is 0.605 bits per heavy atom. The molecule has 0 amide bonds. The molecule has 232 valence electrons. The molecule has 0 N–H and O–H groups in total. The van der Waals surface area contributed by atoms with E-state index < -0.39 is 0 Å². The van der Waals surface area contributed by atoms with E-state index in [2.05, 4.69) is 116 Å². The standard InChI is InChI=1S/C41H56O2/c1-34(2)19-13-21-36(4)23-15-25-37(5)24-14-22-35(3)20-11-12-30-40(33-42)31-17-28-38(6)26-16-27-39(7)29-18-32-41(8,9)43-10/h11-12,14-20,22-31,33H,13,21,32H2,1-10H3/b12-11+,22-14+,25-15+,26-16+,29-18+,31-17+,35-20+,36-23+,37-24+,38-28+,39-27+,40-30-. The zero-order valence-corrected chi connectivity index (χ0v) is 28.5. The molecular formula is C41H56O2. The highest BCUT2D eigenvalue weighted by Crippen LogP contribution is 2.14. The number of hydrogen-bond donors (Lipinski definition) is 0. The second-order valence-electron chi connectivity index (χ2n) is 11.7. The lowest BCUT2D eigenvalue weighted by Crippen LogP contribution is -2.20. The predicted molar refractivity (Wildman–Crippen MR) is 192 cm³/mol. The first-order chi connectivity index (χ1) is 20.4. The minimum Gasteiger partial charge on any atom is -0.378 e. The van der Waals surface area contributed by atoms with Crippen LogP contribution in [0, 0.1) is 0 Å². The van der Waals surface area contributed by atoms with E-state index in [1.165, 1.54) is 22.3 Å².